The molecule has 0 aromatic carbocycles. The van der Waals surface area contributed by atoms with E-state index >= 15 is 0 Å². The van der Waals surface area contributed by atoms with Crippen LogP contribution in [0.5, 0.6) is 0 Å². The molecule has 0 fully saturated rings. The van der Waals surface area contributed by atoms with Gasteiger partial charge in [0.05, 0.1) is 11.3 Å². The van der Waals surface area contributed by atoms with E-state index in [4.69, 9.17) is 0 Å². The first kappa shape index (κ1) is 17.3. The Kier molecular flexibility index (Phi) is 3.73. The summed E-state index contributed by atoms with van der Waals surface area (Å²) in [4.78, 5) is 0. The van der Waals surface area contributed by atoms with Gasteiger partial charge in [0.2, 0.25) is 5.52 Å². The van der Waals surface area contributed by atoms with Crippen LogP contribution in [-0.4, -0.2) is 4.57 Å². The molecule has 0 bridgehead atoms. The molecule has 0 aliphatic heterocycles. The van der Waals surface area contributed by atoms with Crippen molar-refractivity contribution in [3.05, 3.63) is 61.1 Å². The Hall–Kier alpha value is -2.08. The molecule has 0 atom stereocenters. The monoisotopic (exact) mass is 354 g/mol. The maximum atomic E-state index is 9.87. The normalized spacial score (nSPS) is 14.6. The van der Waals surface area contributed by atoms with Gasteiger partial charge in [0.15, 0.2) is 12.4 Å². The van der Waals surface area contributed by atoms with Crippen LogP contribution in [-0.2, 0) is 7.05 Å². The molecule has 3 aromatic heterocycles. The average molecular weight is 354 g/mol. The molecule has 23 heavy (non-hydrogen) atoms. The molecule has 2 nitrogen and oxygen atoms in total. The summed E-state index contributed by atoms with van der Waals surface area (Å²) in [6, 6.07) is 14.7. The van der Waals surface area contributed by atoms with Crippen LogP contribution in [0.3, 0.4) is 0 Å². The Morgan fingerprint density at radius 3 is 2.00 bits per heavy atom. The van der Waals surface area contributed by atoms with Gasteiger partial charge in [-0.2, -0.15) is 4.40 Å². The Balaban J connectivity index is 0.000000236. The van der Waals surface area contributed by atoms with Crippen molar-refractivity contribution in [3.8, 4) is 11.3 Å². The van der Waals surface area contributed by atoms with Crippen molar-refractivity contribution in [1.29, 1.82) is 0 Å². The van der Waals surface area contributed by atoms with Crippen LogP contribution in [0.4, 0.5) is 25.2 Å². The van der Waals surface area contributed by atoms with E-state index in [1.807, 2.05) is 6.07 Å². The van der Waals surface area contributed by atoms with Gasteiger partial charge in [-0.05, 0) is 24.3 Å². The summed E-state index contributed by atoms with van der Waals surface area (Å²) in [5.74, 6) is 0. The van der Waals surface area contributed by atoms with E-state index in [-0.39, 0.29) is 0 Å². The fourth-order valence-electron chi connectivity index (χ4n) is 2.09. The third-order valence-electron chi connectivity index (χ3n) is 2.90. The van der Waals surface area contributed by atoms with E-state index in [1.54, 1.807) is 0 Å². The van der Waals surface area contributed by atoms with E-state index in [0.29, 0.717) is 0 Å². The number of rotatable bonds is 1. The first-order valence-electron chi connectivity index (χ1n) is 6.38. The predicted molar refractivity (Wildman–Crippen MR) is 77.6 cm³/mol. The van der Waals surface area contributed by atoms with Gasteiger partial charge in [-0.15, -0.1) is 0 Å². The molecule has 0 amide bonds. The van der Waals surface area contributed by atoms with Crippen molar-refractivity contribution in [2.75, 3.05) is 0 Å². The van der Waals surface area contributed by atoms with Gasteiger partial charge in [-0.1, -0.05) is 0 Å². The molecule has 0 N–H and O–H groups in total. The molecule has 3 rings (SSSR count). The molecule has 0 saturated heterocycles. The third kappa shape index (κ3) is 5.90. The van der Waals surface area contributed by atoms with Crippen molar-refractivity contribution in [1.82, 2.24) is 4.57 Å². The van der Waals surface area contributed by atoms with Crippen LogP contribution in [0.25, 0.3) is 16.8 Å². The zero-order valence-electron chi connectivity index (χ0n) is 11.9. The van der Waals surface area contributed by atoms with E-state index < -0.39 is 7.81 Å². The molecule has 3 heterocycles. The summed E-state index contributed by atoms with van der Waals surface area (Å²) in [6.07, 6.45) is 6.21. The minimum atomic E-state index is -10.7. The second kappa shape index (κ2) is 4.96. The summed E-state index contributed by atoms with van der Waals surface area (Å²) < 4.78 is 63.5. The summed E-state index contributed by atoms with van der Waals surface area (Å²) >= 11 is 0. The molecular weight excluding hydrogens is 341 g/mol. The van der Waals surface area contributed by atoms with E-state index in [2.05, 4.69) is 71.0 Å². The minimum absolute atomic E-state index is 1.23. The number of aromatic nitrogens is 2. The van der Waals surface area contributed by atoms with Crippen molar-refractivity contribution in [2.24, 2.45) is 7.05 Å². The van der Waals surface area contributed by atoms with Crippen LogP contribution < -0.4 is 4.40 Å². The van der Waals surface area contributed by atoms with E-state index in [1.165, 1.54) is 16.8 Å². The Morgan fingerprint density at radius 1 is 0.826 bits per heavy atom. The third-order valence-corrected chi connectivity index (χ3v) is 2.90. The van der Waals surface area contributed by atoms with Crippen molar-refractivity contribution in [3.63, 3.8) is 0 Å². The summed E-state index contributed by atoms with van der Waals surface area (Å²) in [7, 11) is -8.59. The van der Waals surface area contributed by atoms with Gasteiger partial charge in [0, 0.05) is 31.4 Å². The van der Waals surface area contributed by atoms with Gasteiger partial charge in [-0.3, -0.25) is 0 Å². The van der Waals surface area contributed by atoms with Crippen molar-refractivity contribution >= 4 is 13.3 Å². The number of hydrogen-bond donors (Lipinski definition) is 0. The SMILES string of the molecule is Cn1cccc1-c1ccc[n+]2ccccc12.F[P-](F)(F)(F)(F)F. The Morgan fingerprint density at radius 2 is 1.43 bits per heavy atom. The standard InChI is InChI=1S/C14H13N2.F6P/c1-15-9-5-8-13(15)12-6-4-11-16-10-3-2-7-14(12)16;1-7(2,3,4,5)6/h2-11H,1H3;/q+1;-1. The molecule has 0 radical (unpaired) electrons. The number of nitrogens with zero attached hydrogens (tertiary/aromatic N) is 2. The maximum absolute atomic E-state index is 10.7. The van der Waals surface area contributed by atoms with Crippen LogP contribution in [0.1, 0.15) is 0 Å². The summed E-state index contributed by atoms with van der Waals surface area (Å²) in [5.41, 5.74) is 3.73. The molecule has 126 valence electrons. The predicted octanol–water partition coefficient (Wildman–Crippen LogP) is 5.81. The van der Waals surface area contributed by atoms with Gasteiger partial charge < -0.3 is 4.57 Å². The van der Waals surface area contributed by atoms with Crippen LogP contribution in [0.2, 0.25) is 0 Å². The topological polar surface area (TPSA) is 9.03 Å². The van der Waals surface area contributed by atoms with Crippen LogP contribution in [0.15, 0.2) is 61.1 Å². The van der Waals surface area contributed by atoms with Crippen LogP contribution >= 0.6 is 7.81 Å². The Labute approximate surface area is 127 Å². The molecule has 0 aliphatic rings. The zero-order chi connectivity index (χ0) is 17.4. The zero-order valence-corrected chi connectivity index (χ0v) is 12.8. The van der Waals surface area contributed by atoms with Crippen LogP contribution in [0, 0.1) is 0 Å². The number of fused-ring (bicyclic) bond motifs is 1. The fourth-order valence-corrected chi connectivity index (χ4v) is 2.09. The second-order valence-electron chi connectivity index (χ2n) is 4.88. The molecule has 0 spiro atoms. The van der Waals surface area contributed by atoms with Gasteiger partial charge in [0.25, 0.3) is 0 Å². The molecule has 3 aromatic rings. The summed E-state index contributed by atoms with van der Waals surface area (Å²) in [5, 5.41) is 0. The average Bonchev–Trinajstić information content (AvgIpc) is 2.80. The number of pyridine rings is 2. The van der Waals surface area contributed by atoms with Gasteiger partial charge in [0.1, 0.15) is 0 Å². The first-order valence-corrected chi connectivity index (χ1v) is 8.41. The molecule has 0 aliphatic carbocycles. The number of halogens is 6. The second-order valence-corrected chi connectivity index (χ2v) is 6.79. The van der Waals surface area contributed by atoms with Crippen molar-refractivity contribution < 1.29 is 29.6 Å². The molecule has 0 saturated carbocycles. The van der Waals surface area contributed by atoms with Crippen molar-refractivity contribution in [2.45, 2.75) is 0 Å². The molecule has 9 heteroatoms. The fraction of sp³-hybridized carbons (Fsp3) is 0.0714. The van der Waals surface area contributed by atoms with E-state index in [9.17, 15) is 25.2 Å². The van der Waals surface area contributed by atoms with Gasteiger partial charge in [-0.25, -0.2) is 0 Å². The quantitative estimate of drug-likeness (QED) is 0.296. The Bertz CT molecular complexity index is 822. The molecule has 0 unspecified atom stereocenters. The van der Waals surface area contributed by atoms with E-state index in [0.717, 1.165) is 0 Å². The van der Waals surface area contributed by atoms with Gasteiger partial charge >= 0.3 is 33.0 Å². The summed E-state index contributed by atoms with van der Waals surface area (Å²) in [6.45, 7) is 0. The molecular formula is C14H13F6N2P. The first-order chi connectivity index (χ1) is 10.3. The number of aryl methyl sites for hydroxylation is 1. The number of hydrogen-bond acceptors (Lipinski definition) is 0.